The number of nitrogens with zero attached hydrogens (tertiary/aromatic N) is 2. The molecule has 0 spiro atoms. The lowest BCUT2D eigenvalue weighted by Gasteiger charge is -2.16. The number of carbonyl (C=O) groups is 1. The second-order valence-corrected chi connectivity index (χ2v) is 10.5. The van der Waals surface area contributed by atoms with E-state index in [9.17, 15) is 31.0 Å². The SMILES string of the molecule is Cc1c(C(F)(F)F)nnc(Oc2ccc(C3CC3)c(F)c2F)c1C(=O)Nc1cccc(S(C)(=N)=O)c1. The smallest absolute Gasteiger partial charge is 0.434 e. The highest BCUT2D eigenvalue weighted by Gasteiger charge is 2.38. The van der Waals surface area contributed by atoms with Crippen molar-refractivity contribution in [1.82, 2.24) is 10.2 Å². The van der Waals surface area contributed by atoms with Crippen LogP contribution in [0.5, 0.6) is 11.6 Å². The third kappa shape index (κ3) is 5.15. The molecular formula is C23H19F5N4O3S. The second-order valence-electron chi connectivity index (χ2n) is 8.33. The summed E-state index contributed by atoms with van der Waals surface area (Å²) in [5.74, 6) is -5.20. The Morgan fingerprint density at radius 2 is 1.83 bits per heavy atom. The summed E-state index contributed by atoms with van der Waals surface area (Å²) in [6.07, 6.45) is -2.39. The van der Waals surface area contributed by atoms with Gasteiger partial charge in [0.15, 0.2) is 17.3 Å². The number of nitrogens with one attached hydrogen (secondary N) is 2. The first-order valence-electron chi connectivity index (χ1n) is 10.5. The predicted molar refractivity (Wildman–Crippen MR) is 120 cm³/mol. The van der Waals surface area contributed by atoms with Gasteiger partial charge in [0.2, 0.25) is 5.82 Å². The van der Waals surface area contributed by atoms with Crippen molar-refractivity contribution in [2.75, 3.05) is 11.6 Å². The van der Waals surface area contributed by atoms with Crippen molar-refractivity contribution < 1.29 is 35.7 Å². The van der Waals surface area contributed by atoms with Crippen LogP contribution in [-0.4, -0.2) is 26.6 Å². The number of anilines is 1. The molecule has 0 aliphatic heterocycles. The molecule has 2 aromatic carbocycles. The molecule has 0 bridgehead atoms. The fraction of sp³-hybridized carbons (Fsp3) is 0.261. The van der Waals surface area contributed by atoms with Crippen LogP contribution in [0.15, 0.2) is 41.3 Å². The molecule has 4 rings (SSSR count). The molecule has 2 N–H and O–H groups in total. The normalized spacial score (nSPS) is 15.3. The first kappa shape index (κ1) is 25.5. The molecule has 7 nitrogen and oxygen atoms in total. The fourth-order valence-corrected chi connectivity index (χ4v) is 4.25. The van der Waals surface area contributed by atoms with Gasteiger partial charge in [0.25, 0.3) is 11.8 Å². The molecule has 1 aliphatic rings. The van der Waals surface area contributed by atoms with Gasteiger partial charge in [-0.2, -0.15) is 17.6 Å². The minimum absolute atomic E-state index is 0.0288. The molecule has 1 saturated carbocycles. The standard InChI is InChI=1S/C23H19F5N4O3S/c1-11-17(21(33)30-13-4-3-5-14(10-13)36(2,29)34)22(32-31-20(11)23(26,27)28)35-16-9-8-15(12-6-7-12)18(24)19(16)25/h3-5,8-10,12,29H,6-7H2,1-2H3,(H,30,33). The van der Waals surface area contributed by atoms with Crippen molar-refractivity contribution in [2.45, 2.75) is 36.8 Å². The summed E-state index contributed by atoms with van der Waals surface area (Å²) in [6.45, 7) is 0.964. The minimum Gasteiger partial charge on any atom is -0.434 e. The van der Waals surface area contributed by atoms with E-state index in [1.54, 1.807) is 0 Å². The van der Waals surface area contributed by atoms with Gasteiger partial charge in [0.1, 0.15) is 5.56 Å². The van der Waals surface area contributed by atoms with Crippen molar-refractivity contribution in [3.8, 4) is 11.6 Å². The summed E-state index contributed by atoms with van der Waals surface area (Å²) in [5.41, 5.74) is -2.64. The fourth-order valence-electron chi connectivity index (χ4n) is 3.56. The van der Waals surface area contributed by atoms with E-state index < -0.39 is 61.9 Å². The van der Waals surface area contributed by atoms with Gasteiger partial charge >= 0.3 is 6.18 Å². The summed E-state index contributed by atoms with van der Waals surface area (Å²) in [5, 5.41) is 8.78. The Labute approximate surface area is 202 Å². The van der Waals surface area contributed by atoms with Gasteiger partial charge in [0.05, 0.1) is 9.73 Å². The monoisotopic (exact) mass is 526 g/mol. The maximum absolute atomic E-state index is 14.7. The number of hydrogen-bond donors (Lipinski definition) is 2. The summed E-state index contributed by atoms with van der Waals surface area (Å²) in [7, 11) is -3.15. The number of ether oxygens (including phenoxy) is 1. The predicted octanol–water partition coefficient (Wildman–Crippen LogP) is 6.04. The zero-order valence-electron chi connectivity index (χ0n) is 18.9. The first-order chi connectivity index (χ1) is 16.8. The van der Waals surface area contributed by atoms with Crippen molar-refractivity contribution in [3.63, 3.8) is 0 Å². The van der Waals surface area contributed by atoms with Gasteiger partial charge in [-0.15, -0.1) is 10.2 Å². The Bertz CT molecular complexity index is 1470. The Morgan fingerprint density at radius 3 is 2.44 bits per heavy atom. The molecule has 1 fully saturated rings. The van der Waals surface area contributed by atoms with Crippen LogP contribution in [-0.2, 0) is 15.9 Å². The van der Waals surface area contributed by atoms with Crippen molar-refractivity contribution in [3.05, 3.63) is 70.4 Å². The van der Waals surface area contributed by atoms with E-state index in [0.717, 1.165) is 19.2 Å². The highest BCUT2D eigenvalue weighted by Crippen LogP contribution is 2.43. The van der Waals surface area contributed by atoms with Crippen LogP contribution in [0.25, 0.3) is 0 Å². The average molecular weight is 526 g/mol. The van der Waals surface area contributed by atoms with E-state index in [1.807, 2.05) is 0 Å². The van der Waals surface area contributed by atoms with Crippen LogP contribution >= 0.6 is 0 Å². The number of benzene rings is 2. The summed E-state index contributed by atoms with van der Waals surface area (Å²) < 4.78 is 94.5. The topological polar surface area (TPSA) is 105 Å². The van der Waals surface area contributed by atoms with Crippen LogP contribution in [0.3, 0.4) is 0 Å². The van der Waals surface area contributed by atoms with Crippen LogP contribution in [0.1, 0.15) is 45.9 Å². The highest BCUT2D eigenvalue weighted by atomic mass is 32.2. The Balaban J connectivity index is 1.76. The van der Waals surface area contributed by atoms with Gasteiger partial charge in [-0.25, -0.2) is 13.4 Å². The van der Waals surface area contributed by atoms with Gasteiger partial charge in [-0.05, 0) is 61.1 Å². The van der Waals surface area contributed by atoms with Gasteiger partial charge in [0, 0.05) is 16.8 Å². The Hall–Kier alpha value is -3.61. The largest absolute Gasteiger partial charge is 0.435 e. The third-order valence-electron chi connectivity index (χ3n) is 5.52. The summed E-state index contributed by atoms with van der Waals surface area (Å²) in [4.78, 5) is 13.2. The van der Waals surface area contributed by atoms with Crippen molar-refractivity contribution >= 4 is 21.3 Å². The van der Waals surface area contributed by atoms with Crippen molar-refractivity contribution in [1.29, 1.82) is 4.78 Å². The third-order valence-corrected chi connectivity index (χ3v) is 6.68. The lowest BCUT2D eigenvalue weighted by atomic mass is 10.1. The molecule has 1 unspecified atom stereocenters. The molecule has 3 aromatic rings. The van der Waals surface area contributed by atoms with Crippen molar-refractivity contribution in [2.24, 2.45) is 0 Å². The molecule has 190 valence electrons. The van der Waals surface area contributed by atoms with E-state index in [2.05, 4.69) is 15.5 Å². The molecule has 1 aromatic heterocycles. The highest BCUT2D eigenvalue weighted by molar-refractivity contribution is 7.91. The molecule has 0 saturated heterocycles. The zero-order valence-corrected chi connectivity index (χ0v) is 19.7. The molecule has 0 radical (unpaired) electrons. The first-order valence-corrected chi connectivity index (χ1v) is 12.5. The zero-order chi connectivity index (χ0) is 26.4. The lowest BCUT2D eigenvalue weighted by molar-refractivity contribution is -0.142. The second kappa shape index (κ2) is 9.12. The quantitative estimate of drug-likeness (QED) is 0.381. The maximum atomic E-state index is 14.7. The van der Waals surface area contributed by atoms with Crippen LogP contribution in [0.2, 0.25) is 0 Å². The Kier molecular flexibility index (Phi) is 6.45. The van der Waals surface area contributed by atoms with E-state index in [1.165, 1.54) is 30.3 Å². The number of rotatable bonds is 6. The van der Waals surface area contributed by atoms with E-state index in [4.69, 9.17) is 9.52 Å². The number of alkyl halides is 3. The van der Waals surface area contributed by atoms with Gasteiger partial charge in [-0.3, -0.25) is 4.79 Å². The van der Waals surface area contributed by atoms with E-state index >= 15 is 0 Å². The molecule has 36 heavy (non-hydrogen) atoms. The molecule has 1 atom stereocenters. The van der Waals surface area contributed by atoms with Gasteiger partial charge < -0.3 is 10.1 Å². The molecule has 1 aliphatic carbocycles. The van der Waals surface area contributed by atoms with E-state index in [-0.39, 0.29) is 22.1 Å². The summed E-state index contributed by atoms with van der Waals surface area (Å²) >= 11 is 0. The molecule has 1 amide bonds. The van der Waals surface area contributed by atoms with E-state index in [0.29, 0.717) is 12.8 Å². The maximum Gasteiger partial charge on any atom is 0.435 e. The molecule has 13 heteroatoms. The number of amides is 1. The minimum atomic E-state index is -4.97. The lowest BCUT2D eigenvalue weighted by Crippen LogP contribution is -2.21. The van der Waals surface area contributed by atoms with Crippen LogP contribution in [0.4, 0.5) is 27.6 Å². The number of aromatic nitrogens is 2. The average Bonchev–Trinajstić information content (AvgIpc) is 3.61. The van der Waals surface area contributed by atoms with Gasteiger partial charge in [-0.1, -0.05) is 12.1 Å². The Morgan fingerprint density at radius 1 is 1.14 bits per heavy atom. The number of hydrogen-bond acceptors (Lipinski definition) is 6. The number of carbonyl (C=O) groups excluding carboxylic acids is 1. The molecular weight excluding hydrogens is 507 g/mol. The number of halogens is 5. The van der Waals surface area contributed by atoms with Crippen LogP contribution < -0.4 is 10.1 Å². The summed E-state index contributed by atoms with van der Waals surface area (Å²) in [6, 6.07) is 7.81. The molecule has 1 heterocycles. The van der Waals surface area contributed by atoms with Crippen LogP contribution in [0, 0.1) is 23.3 Å².